The van der Waals surface area contributed by atoms with Crippen molar-refractivity contribution < 1.29 is 14.3 Å². The van der Waals surface area contributed by atoms with E-state index in [0.717, 1.165) is 10.9 Å². The van der Waals surface area contributed by atoms with Crippen LogP contribution in [0.15, 0.2) is 46.9 Å². The van der Waals surface area contributed by atoms with Crippen LogP contribution in [-0.2, 0) is 0 Å². The summed E-state index contributed by atoms with van der Waals surface area (Å²) in [5.74, 6) is -0.535. The third kappa shape index (κ3) is 4.72. The molecule has 2 aromatic rings. The van der Waals surface area contributed by atoms with E-state index in [9.17, 15) is 9.59 Å². The van der Waals surface area contributed by atoms with Crippen molar-refractivity contribution in [1.29, 1.82) is 0 Å². The third-order valence-electron chi connectivity index (χ3n) is 3.06. The number of hydrogen-bond acceptors (Lipinski definition) is 3. The van der Waals surface area contributed by atoms with Gasteiger partial charge in [0.1, 0.15) is 5.75 Å². The zero-order valence-electron chi connectivity index (χ0n) is 12.9. The highest BCUT2D eigenvalue weighted by Gasteiger charge is 2.15. The quantitative estimate of drug-likeness (QED) is 0.732. The number of hydrazine groups is 1. The van der Waals surface area contributed by atoms with E-state index in [-0.39, 0.29) is 5.56 Å². The Morgan fingerprint density at radius 3 is 2.42 bits per heavy atom. The number of benzene rings is 2. The van der Waals surface area contributed by atoms with Crippen molar-refractivity contribution in [3.8, 4) is 5.75 Å². The summed E-state index contributed by atoms with van der Waals surface area (Å²) in [4.78, 5) is 24.4. The first kappa shape index (κ1) is 18.3. The summed E-state index contributed by atoms with van der Waals surface area (Å²) < 4.78 is 6.29. The standard InChI is InChI=1S/C17H16BrClN2O3/c1-2-9-24-15-8-7-11(18)10-13(15)17(23)21-20-16(22)12-5-3-4-6-14(12)19/h3-8,10H,2,9H2,1H3,(H,20,22)(H,21,23). The van der Waals surface area contributed by atoms with Gasteiger partial charge in [-0.2, -0.15) is 0 Å². The van der Waals surface area contributed by atoms with E-state index >= 15 is 0 Å². The predicted octanol–water partition coefficient (Wildman–Crippen LogP) is 3.97. The molecule has 2 rings (SSSR count). The average molecular weight is 412 g/mol. The number of nitrogens with one attached hydrogen (secondary N) is 2. The molecule has 5 nitrogen and oxygen atoms in total. The molecule has 0 aliphatic heterocycles. The maximum atomic E-state index is 12.3. The Balaban J connectivity index is 2.08. The van der Waals surface area contributed by atoms with E-state index in [4.69, 9.17) is 16.3 Å². The summed E-state index contributed by atoms with van der Waals surface area (Å²) in [6, 6.07) is 11.7. The molecular formula is C17H16BrClN2O3. The fourth-order valence-electron chi connectivity index (χ4n) is 1.91. The SMILES string of the molecule is CCCOc1ccc(Br)cc1C(=O)NNC(=O)c1ccccc1Cl. The van der Waals surface area contributed by atoms with Crippen molar-refractivity contribution >= 4 is 39.3 Å². The number of carbonyl (C=O) groups excluding carboxylic acids is 2. The van der Waals surface area contributed by atoms with E-state index in [1.54, 1.807) is 42.5 Å². The molecule has 0 spiro atoms. The van der Waals surface area contributed by atoms with Crippen molar-refractivity contribution in [2.75, 3.05) is 6.61 Å². The van der Waals surface area contributed by atoms with Crippen LogP contribution >= 0.6 is 27.5 Å². The first-order valence-electron chi connectivity index (χ1n) is 7.30. The lowest BCUT2D eigenvalue weighted by Crippen LogP contribution is -2.41. The minimum Gasteiger partial charge on any atom is -0.493 e. The van der Waals surface area contributed by atoms with Crippen molar-refractivity contribution in [3.05, 3.63) is 63.1 Å². The monoisotopic (exact) mass is 410 g/mol. The molecule has 126 valence electrons. The molecule has 0 aliphatic carbocycles. The van der Waals surface area contributed by atoms with Gasteiger partial charge in [0, 0.05) is 4.47 Å². The Morgan fingerprint density at radius 1 is 1.08 bits per heavy atom. The summed E-state index contributed by atoms with van der Waals surface area (Å²) in [6.07, 6.45) is 0.820. The van der Waals surface area contributed by atoms with Crippen molar-refractivity contribution in [2.45, 2.75) is 13.3 Å². The van der Waals surface area contributed by atoms with Crippen LogP contribution in [0, 0.1) is 0 Å². The predicted molar refractivity (Wildman–Crippen MR) is 96.3 cm³/mol. The molecule has 2 N–H and O–H groups in total. The molecule has 7 heteroatoms. The van der Waals surface area contributed by atoms with Crippen LogP contribution in [0.1, 0.15) is 34.1 Å². The second kappa shape index (κ2) is 8.70. The molecule has 0 unspecified atom stereocenters. The number of ether oxygens (including phenoxy) is 1. The van der Waals surface area contributed by atoms with Crippen molar-refractivity contribution in [1.82, 2.24) is 10.9 Å². The summed E-state index contributed by atoms with van der Waals surface area (Å²) in [6.45, 7) is 2.47. The molecular weight excluding hydrogens is 396 g/mol. The van der Waals surface area contributed by atoms with E-state index in [2.05, 4.69) is 26.8 Å². The summed E-state index contributed by atoms with van der Waals surface area (Å²) in [5, 5.41) is 0.304. The van der Waals surface area contributed by atoms with Crippen LogP contribution in [0.5, 0.6) is 5.75 Å². The van der Waals surface area contributed by atoms with Gasteiger partial charge in [0.15, 0.2) is 0 Å². The van der Waals surface area contributed by atoms with E-state index in [1.165, 1.54) is 0 Å². The second-order valence-electron chi connectivity index (χ2n) is 4.88. The van der Waals surface area contributed by atoms with E-state index in [0.29, 0.717) is 22.9 Å². The maximum Gasteiger partial charge on any atom is 0.273 e. The molecule has 0 aromatic heterocycles. The van der Waals surface area contributed by atoms with Gasteiger partial charge < -0.3 is 4.74 Å². The molecule has 2 amide bonds. The lowest BCUT2D eigenvalue weighted by atomic mass is 10.2. The van der Waals surface area contributed by atoms with Crippen LogP contribution in [-0.4, -0.2) is 18.4 Å². The largest absolute Gasteiger partial charge is 0.493 e. The zero-order valence-corrected chi connectivity index (χ0v) is 15.3. The number of carbonyl (C=O) groups is 2. The highest BCUT2D eigenvalue weighted by atomic mass is 79.9. The van der Waals surface area contributed by atoms with Crippen molar-refractivity contribution in [3.63, 3.8) is 0 Å². The Labute approximate surface area is 153 Å². The van der Waals surface area contributed by atoms with Crippen LogP contribution < -0.4 is 15.6 Å². The highest BCUT2D eigenvalue weighted by Crippen LogP contribution is 2.23. The summed E-state index contributed by atoms with van der Waals surface area (Å²) in [7, 11) is 0. The number of halogens is 2. The van der Waals surface area contributed by atoms with Crippen LogP contribution in [0.25, 0.3) is 0 Å². The van der Waals surface area contributed by atoms with Gasteiger partial charge in [0.25, 0.3) is 11.8 Å². The molecule has 0 heterocycles. The van der Waals surface area contributed by atoms with Gasteiger partial charge in [-0.1, -0.05) is 46.6 Å². The number of amides is 2. The average Bonchev–Trinajstić information content (AvgIpc) is 2.58. The molecule has 0 saturated heterocycles. The first-order valence-corrected chi connectivity index (χ1v) is 8.47. The fourth-order valence-corrected chi connectivity index (χ4v) is 2.49. The third-order valence-corrected chi connectivity index (χ3v) is 3.88. The number of rotatable bonds is 5. The Bertz CT molecular complexity index is 752. The van der Waals surface area contributed by atoms with Gasteiger partial charge >= 0.3 is 0 Å². The van der Waals surface area contributed by atoms with Gasteiger partial charge in [-0.05, 0) is 36.8 Å². The Kier molecular flexibility index (Phi) is 6.63. The molecule has 0 saturated carbocycles. The first-order chi connectivity index (χ1) is 11.5. The smallest absolute Gasteiger partial charge is 0.273 e. The second-order valence-corrected chi connectivity index (χ2v) is 6.20. The number of hydrogen-bond donors (Lipinski definition) is 2. The molecule has 0 bridgehead atoms. The lowest BCUT2D eigenvalue weighted by molar-refractivity contribution is 0.0844. The molecule has 0 radical (unpaired) electrons. The summed E-state index contributed by atoms with van der Waals surface area (Å²) >= 11 is 9.27. The minimum absolute atomic E-state index is 0.274. The van der Waals surface area contributed by atoms with Gasteiger partial charge in [-0.25, -0.2) is 0 Å². The fraction of sp³-hybridized carbons (Fsp3) is 0.176. The van der Waals surface area contributed by atoms with Crippen LogP contribution in [0.3, 0.4) is 0 Å². The lowest BCUT2D eigenvalue weighted by Gasteiger charge is -2.12. The van der Waals surface area contributed by atoms with Crippen LogP contribution in [0.4, 0.5) is 0 Å². The minimum atomic E-state index is -0.500. The normalized spacial score (nSPS) is 10.1. The molecule has 0 fully saturated rings. The highest BCUT2D eigenvalue weighted by molar-refractivity contribution is 9.10. The molecule has 0 aliphatic rings. The van der Waals surface area contributed by atoms with Crippen molar-refractivity contribution in [2.24, 2.45) is 0 Å². The van der Waals surface area contributed by atoms with E-state index < -0.39 is 11.8 Å². The van der Waals surface area contributed by atoms with Gasteiger partial charge in [0.2, 0.25) is 0 Å². The van der Waals surface area contributed by atoms with Gasteiger partial charge in [0.05, 0.1) is 22.8 Å². The zero-order chi connectivity index (χ0) is 17.5. The van der Waals surface area contributed by atoms with Gasteiger partial charge in [-0.15, -0.1) is 0 Å². The molecule has 2 aromatic carbocycles. The molecule has 0 atom stereocenters. The topological polar surface area (TPSA) is 67.4 Å². The Morgan fingerprint density at radius 2 is 1.75 bits per heavy atom. The maximum absolute atomic E-state index is 12.3. The van der Waals surface area contributed by atoms with E-state index in [1.807, 2.05) is 6.92 Å². The molecule has 24 heavy (non-hydrogen) atoms. The van der Waals surface area contributed by atoms with Crippen LogP contribution in [0.2, 0.25) is 5.02 Å². The van der Waals surface area contributed by atoms with Gasteiger partial charge in [-0.3, -0.25) is 20.4 Å². The summed E-state index contributed by atoms with van der Waals surface area (Å²) in [5.41, 5.74) is 5.31. The Hall–Kier alpha value is -2.05.